The van der Waals surface area contributed by atoms with Crippen LogP contribution in [-0.4, -0.2) is 17.6 Å². The molecular weight excluding hydrogens is 174 g/mol. The molecule has 0 saturated carbocycles. The predicted molar refractivity (Wildman–Crippen MR) is 56.9 cm³/mol. The van der Waals surface area contributed by atoms with Gasteiger partial charge in [0, 0.05) is 30.4 Å². The van der Waals surface area contributed by atoms with Crippen LogP contribution in [0.4, 0.5) is 0 Å². The zero-order valence-electron chi connectivity index (χ0n) is 8.32. The molecule has 2 unspecified atom stereocenters. The van der Waals surface area contributed by atoms with Gasteiger partial charge < -0.3 is 11.5 Å². The lowest BCUT2D eigenvalue weighted by Crippen LogP contribution is -2.37. The molecule has 4 N–H and O–H groups in total. The summed E-state index contributed by atoms with van der Waals surface area (Å²) in [6.45, 7) is 0.542. The highest BCUT2D eigenvalue weighted by molar-refractivity contribution is 5.27. The van der Waals surface area contributed by atoms with E-state index in [2.05, 4.69) is 11.1 Å². The van der Waals surface area contributed by atoms with Crippen LogP contribution in [0.5, 0.6) is 0 Å². The Morgan fingerprint density at radius 3 is 3.21 bits per heavy atom. The summed E-state index contributed by atoms with van der Waals surface area (Å²) in [5.41, 5.74) is 14.1. The van der Waals surface area contributed by atoms with E-state index in [4.69, 9.17) is 11.5 Å². The third kappa shape index (κ3) is 1.65. The summed E-state index contributed by atoms with van der Waals surface area (Å²) < 4.78 is 0. The van der Waals surface area contributed by atoms with Crippen molar-refractivity contribution in [1.29, 1.82) is 0 Å². The molecule has 3 nitrogen and oxygen atoms in total. The number of hydrogen-bond acceptors (Lipinski definition) is 3. The maximum absolute atomic E-state index is 6.00. The average molecular weight is 191 g/mol. The molecule has 1 aromatic heterocycles. The second kappa shape index (κ2) is 4.07. The Morgan fingerprint density at radius 2 is 2.43 bits per heavy atom. The van der Waals surface area contributed by atoms with Crippen molar-refractivity contribution in [2.24, 2.45) is 11.5 Å². The van der Waals surface area contributed by atoms with Crippen LogP contribution in [0.2, 0.25) is 0 Å². The van der Waals surface area contributed by atoms with Gasteiger partial charge in [0.25, 0.3) is 0 Å². The smallest absolute Gasteiger partial charge is 0.0482 e. The van der Waals surface area contributed by atoms with Crippen molar-refractivity contribution in [3.63, 3.8) is 0 Å². The predicted octanol–water partition coefficient (Wildman–Crippen LogP) is 0.787. The van der Waals surface area contributed by atoms with Crippen molar-refractivity contribution in [3.8, 4) is 0 Å². The largest absolute Gasteiger partial charge is 0.329 e. The molecule has 1 aliphatic rings. The summed E-state index contributed by atoms with van der Waals surface area (Å²) in [4.78, 5) is 4.43. The summed E-state index contributed by atoms with van der Waals surface area (Å²) in [7, 11) is 0. The van der Waals surface area contributed by atoms with Gasteiger partial charge in [0.15, 0.2) is 0 Å². The summed E-state index contributed by atoms with van der Waals surface area (Å²) in [6.07, 6.45) is 5.32. The number of aromatic nitrogens is 1. The van der Waals surface area contributed by atoms with Gasteiger partial charge in [-0.1, -0.05) is 6.07 Å². The Balaban J connectivity index is 2.30. The van der Waals surface area contributed by atoms with E-state index in [1.54, 1.807) is 0 Å². The number of aryl methyl sites for hydroxylation is 1. The molecule has 76 valence electrons. The maximum atomic E-state index is 6.00. The molecule has 2 rings (SSSR count). The van der Waals surface area contributed by atoms with E-state index in [1.165, 1.54) is 17.7 Å². The Hall–Kier alpha value is -0.930. The normalized spacial score (nSPS) is 22.9. The van der Waals surface area contributed by atoms with Crippen molar-refractivity contribution < 1.29 is 0 Å². The number of fused-ring (bicyclic) bond motifs is 1. The van der Waals surface area contributed by atoms with Crippen LogP contribution in [0.25, 0.3) is 0 Å². The minimum Gasteiger partial charge on any atom is -0.329 e. The van der Waals surface area contributed by atoms with Gasteiger partial charge in [-0.2, -0.15) is 0 Å². The van der Waals surface area contributed by atoms with Crippen LogP contribution >= 0.6 is 0 Å². The fourth-order valence-corrected chi connectivity index (χ4v) is 2.23. The van der Waals surface area contributed by atoms with Crippen molar-refractivity contribution in [2.75, 3.05) is 6.54 Å². The molecule has 3 heteroatoms. The van der Waals surface area contributed by atoms with E-state index in [-0.39, 0.29) is 6.04 Å². The first-order chi connectivity index (χ1) is 6.83. The van der Waals surface area contributed by atoms with Gasteiger partial charge in [0.1, 0.15) is 0 Å². The fraction of sp³-hybridized carbons (Fsp3) is 0.545. The van der Waals surface area contributed by atoms with E-state index in [0.29, 0.717) is 12.5 Å². The van der Waals surface area contributed by atoms with Crippen LogP contribution in [0.1, 0.15) is 30.0 Å². The lowest BCUT2D eigenvalue weighted by molar-refractivity contribution is 0.456. The van der Waals surface area contributed by atoms with E-state index in [9.17, 15) is 0 Å². The number of nitrogens with zero attached hydrogens (tertiary/aromatic N) is 1. The summed E-state index contributed by atoms with van der Waals surface area (Å²) >= 11 is 0. The summed E-state index contributed by atoms with van der Waals surface area (Å²) in [5.74, 6) is 0.366. The Labute approximate surface area is 84.5 Å². The van der Waals surface area contributed by atoms with E-state index in [0.717, 1.165) is 12.8 Å². The highest BCUT2D eigenvalue weighted by atomic mass is 14.8. The molecule has 0 saturated heterocycles. The van der Waals surface area contributed by atoms with Crippen LogP contribution in [0.15, 0.2) is 18.3 Å². The zero-order chi connectivity index (χ0) is 9.97. The lowest BCUT2D eigenvalue weighted by atomic mass is 9.82. The molecule has 0 fully saturated rings. The fourth-order valence-electron chi connectivity index (χ4n) is 2.23. The first-order valence-corrected chi connectivity index (χ1v) is 5.22. The van der Waals surface area contributed by atoms with Crippen LogP contribution in [-0.2, 0) is 6.42 Å². The molecule has 1 aromatic rings. The molecule has 0 aliphatic heterocycles. The molecule has 0 spiro atoms. The van der Waals surface area contributed by atoms with E-state index in [1.807, 2.05) is 12.3 Å². The third-order valence-electron chi connectivity index (χ3n) is 3.03. The second-order valence-corrected chi connectivity index (χ2v) is 3.95. The molecule has 0 radical (unpaired) electrons. The third-order valence-corrected chi connectivity index (χ3v) is 3.03. The van der Waals surface area contributed by atoms with Gasteiger partial charge in [0.05, 0.1) is 0 Å². The standard InChI is InChI=1S/C11H17N3/c12-7-10(13)9-5-1-3-8-4-2-6-14-11(8)9/h2,4,6,9-10H,1,3,5,7,12-13H2. The second-order valence-electron chi connectivity index (χ2n) is 3.95. The molecule has 2 atom stereocenters. The number of hydrogen-bond donors (Lipinski definition) is 2. The van der Waals surface area contributed by atoms with Gasteiger partial charge in [-0.05, 0) is 30.9 Å². The lowest BCUT2D eigenvalue weighted by Gasteiger charge is -2.28. The maximum Gasteiger partial charge on any atom is 0.0482 e. The first-order valence-electron chi connectivity index (χ1n) is 5.22. The van der Waals surface area contributed by atoms with E-state index < -0.39 is 0 Å². The van der Waals surface area contributed by atoms with Crippen molar-refractivity contribution in [2.45, 2.75) is 31.2 Å². The molecule has 0 amide bonds. The molecule has 1 aliphatic carbocycles. The van der Waals surface area contributed by atoms with Gasteiger partial charge in [-0.15, -0.1) is 0 Å². The van der Waals surface area contributed by atoms with Gasteiger partial charge >= 0.3 is 0 Å². The average Bonchev–Trinajstić information content (AvgIpc) is 2.27. The molecular formula is C11H17N3. The molecule has 0 bridgehead atoms. The highest BCUT2D eigenvalue weighted by Gasteiger charge is 2.25. The van der Waals surface area contributed by atoms with Crippen LogP contribution in [0, 0.1) is 0 Å². The first kappa shape index (κ1) is 9.62. The number of pyridine rings is 1. The quantitative estimate of drug-likeness (QED) is 0.726. The minimum atomic E-state index is 0.0592. The van der Waals surface area contributed by atoms with Crippen molar-refractivity contribution in [3.05, 3.63) is 29.6 Å². The van der Waals surface area contributed by atoms with Crippen LogP contribution in [0.3, 0.4) is 0 Å². The van der Waals surface area contributed by atoms with Crippen molar-refractivity contribution in [1.82, 2.24) is 4.98 Å². The summed E-state index contributed by atoms with van der Waals surface area (Å²) in [5, 5.41) is 0. The summed E-state index contributed by atoms with van der Waals surface area (Å²) in [6, 6.07) is 4.20. The van der Waals surface area contributed by atoms with Crippen molar-refractivity contribution >= 4 is 0 Å². The number of rotatable bonds is 2. The van der Waals surface area contributed by atoms with Crippen LogP contribution < -0.4 is 11.5 Å². The zero-order valence-corrected chi connectivity index (χ0v) is 8.32. The molecule has 1 heterocycles. The molecule has 14 heavy (non-hydrogen) atoms. The minimum absolute atomic E-state index is 0.0592. The Bertz CT molecular complexity index is 311. The SMILES string of the molecule is NCC(N)C1CCCc2cccnc21. The highest BCUT2D eigenvalue weighted by Crippen LogP contribution is 2.31. The topological polar surface area (TPSA) is 64.9 Å². The monoisotopic (exact) mass is 191 g/mol. The Kier molecular flexibility index (Phi) is 2.79. The van der Waals surface area contributed by atoms with Gasteiger partial charge in [-0.3, -0.25) is 4.98 Å². The number of nitrogens with two attached hydrogens (primary N) is 2. The molecule has 0 aromatic carbocycles. The van der Waals surface area contributed by atoms with Gasteiger partial charge in [0.2, 0.25) is 0 Å². The van der Waals surface area contributed by atoms with E-state index >= 15 is 0 Å². The van der Waals surface area contributed by atoms with Gasteiger partial charge in [-0.25, -0.2) is 0 Å². The Morgan fingerprint density at radius 1 is 1.57 bits per heavy atom.